The molecule has 0 saturated heterocycles. The molecule has 0 fully saturated rings. The summed E-state index contributed by atoms with van der Waals surface area (Å²) in [6.07, 6.45) is 0. The molecule has 0 aliphatic heterocycles. The highest BCUT2D eigenvalue weighted by Gasteiger charge is 2.18. The molecule has 0 aliphatic carbocycles. The quantitative estimate of drug-likeness (QED) is 0.225. The Hall–Kier alpha value is -3.36. The summed E-state index contributed by atoms with van der Waals surface area (Å²) in [6, 6.07) is 11.2. The van der Waals surface area contributed by atoms with Crippen LogP contribution in [0.15, 0.2) is 58.0 Å². The summed E-state index contributed by atoms with van der Waals surface area (Å²) in [5, 5.41) is 22.3. The lowest BCUT2D eigenvalue weighted by Gasteiger charge is -2.11. The Labute approximate surface area is 217 Å². The highest BCUT2D eigenvalue weighted by molar-refractivity contribution is 8.01. The fourth-order valence-corrected chi connectivity index (χ4v) is 5.42. The van der Waals surface area contributed by atoms with E-state index in [1.54, 1.807) is 10.6 Å². The maximum Gasteiger partial charge on any atom is 0.254 e. The molecular formula is C22H19F2N7O2S3. The van der Waals surface area contributed by atoms with Gasteiger partial charge in [0.1, 0.15) is 11.6 Å². The fourth-order valence-electron chi connectivity index (χ4n) is 2.99. The summed E-state index contributed by atoms with van der Waals surface area (Å²) in [5.74, 6) is -0.836. The van der Waals surface area contributed by atoms with Crippen molar-refractivity contribution in [1.29, 1.82) is 0 Å². The van der Waals surface area contributed by atoms with Crippen LogP contribution in [-0.4, -0.2) is 48.3 Å². The molecule has 0 bridgehead atoms. The lowest BCUT2D eigenvalue weighted by Crippen LogP contribution is -2.25. The van der Waals surface area contributed by atoms with Gasteiger partial charge in [-0.3, -0.25) is 19.5 Å². The van der Waals surface area contributed by atoms with Crippen molar-refractivity contribution in [3.8, 4) is 5.69 Å². The largest absolute Gasteiger partial charge is 0.345 e. The average molecular weight is 548 g/mol. The van der Waals surface area contributed by atoms with E-state index in [0.717, 1.165) is 21.9 Å². The number of aromatic nitrogens is 5. The molecule has 2 amide bonds. The molecule has 0 saturated carbocycles. The maximum absolute atomic E-state index is 13.9. The summed E-state index contributed by atoms with van der Waals surface area (Å²) >= 11 is 3.92. The molecule has 9 nitrogen and oxygen atoms in total. The van der Waals surface area contributed by atoms with Crippen molar-refractivity contribution in [3.63, 3.8) is 0 Å². The molecule has 36 heavy (non-hydrogen) atoms. The number of anilines is 1. The van der Waals surface area contributed by atoms with Crippen LogP contribution >= 0.6 is 34.9 Å². The molecule has 186 valence electrons. The van der Waals surface area contributed by atoms with E-state index < -0.39 is 17.5 Å². The first-order valence-electron chi connectivity index (χ1n) is 10.6. The van der Waals surface area contributed by atoms with Crippen LogP contribution in [0, 0.1) is 11.6 Å². The zero-order chi connectivity index (χ0) is 25.5. The molecule has 0 radical (unpaired) electrons. The van der Waals surface area contributed by atoms with Gasteiger partial charge >= 0.3 is 0 Å². The topological polar surface area (TPSA) is 115 Å². The second-order valence-electron chi connectivity index (χ2n) is 7.02. The smallest absolute Gasteiger partial charge is 0.254 e. The second kappa shape index (κ2) is 12.1. The Balaban J connectivity index is 1.48. The van der Waals surface area contributed by atoms with Crippen LogP contribution in [0.2, 0.25) is 0 Å². The van der Waals surface area contributed by atoms with Gasteiger partial charge in [-0.1, -0.05) is 53.9 Å². The van der Waals surface area contributed by atoms with Crippen LogP contribution in [0.5, 0.6) is 0 Å². The Bertz CT molecular complexity index is 1360. The minimum Gasteiger partial charge on any atom is -0.345 e. The molecule has 14 heteroatoms. The number of carbonyl (C=O) groups is 2. The van der Waals surface area contributed by atoms with Gasteiger partial charge in [0.25, 0.3) is 5.91 Å². The molecule has 2 aromatic heterocycles. The normalized spacial score (nSPS) is 10.9. The number of nitrogens with one attached hydrogen (secondary N) is 2. The molecule has 0 spiro atoms. The first-order valence-corrected chi connectivity index (χ1v) is 13.3. The van der Waals surface area contributed by atoms with Crippen LogP contribution in [0.25, 0.3) is 5.69 Å². The van der Waals surface area contributed by atoms with Gasteiger partial charge in [0.05, 0.1) is 17.9 Å². The number of amides is 2. The van der Waals surface area contributed by atoms with Crippen molar-refractivity contribution in [3.05, 3.63) is 71.6 Å². The Morgan fingerprint density at radius 2 is 1.78 bits per heavy atom. The Morgan fingerprint density at radius 3 is 2.53 bits per heavy atom. The molecule has 0 aliphatic rings. The first kappa shape index (κ1) is 25.7. The van der Waals surface area contributed by atoms with E-state index in [0.29, 0.717) is 21.8 Å². The zero-order valence-electron chi connectivity index (χ0n) is 18.8. The van der Waals surface area contributed by atoms with Crippen LogP contribution in [0.1, 0.15) is 23.1 Å². The van der Waals surface area contributed by atoms with Crippen LogP contribution < -0.4 is 10.6 Å². The van der Waals surface area contributed by atoms with Crippen LogP contribution in [0.4, 0.5) is 13.9 Å². The van der Waals surface area contributed by atoms with Crippen molar-refractivity contribution in [2.24, 2.45) is 0 Å². The van der Waals surface area contributed by atoms with E-state index >= 15 is 0 Å². The predicted molar refractivity (Wildman–Crippen MR) is 135 cm³/mol. The van der Waals surface area contributed by atoms with E-state index in [1.807, 2.05) is 6.92 Å². The molecule has 0 atom stereocenters. The van der Waals surface area contributed by atoms with Gasteiger partial charge < -0.3 is 5.32 Å². The third-order valence-corrected chi connectivity index (χ3v) is 7.35. The van der Waals surface area contributed by atoms with Crippen LogP contribution in [0.3, 0.4) is 0 Å². The average Bonchev–Trinajstić information content (AvgIpc) is 3.49. The maximum atomic E-state index is 13.9. The van der Waals surface area contributed by atoms with E-state index in [2.05, 4.69) is 31.0 Å². The third kappa shape index (κ3) is 6.44. The minimum atomic E-state index is -0.645. The molecular weight excluding hydrogens is 528 g/mol. The van der Waals surface area contributed by atoms with Gasteiger partial charge in [0.15, 0.2) is 15.3 Å². The van der Waals surface area contributed by atoms with Crippen molar-refractivity contribution < 1.29 is 18.4 Å². The van der Waals surface area contributed by atoms with Crippen LogP contribution in [-0.2, 0) is 11.3 Å². The standard InChI is InChI=1S/C22H19F2N7O2S3/c1-2-34-22-30-28-20(36-22)26-18(32)12-35-21-29-27-17(31(21)14-9-7-13(23)8-10-14)11-25-19(33)15-5-3-4-6-16(15)24/h3-10H,2,11-12H2,1H3,(H,25,33)(H,26,28,32). The van der Waals surface area contributed by atoms with Crippen molar-refractivity contribution in [1.82, 2.24) is 30.3 Å². The van der Waals surface area contributed by atoms with Gasteiger partial charge in [-0.2, -0.15) is 0 Å². The number of benzene rings is 2. The number of rotatable bonds is 10. The van der Waals surface area contributed by atoms with E-state index in [-0.39, 0.29) is 23.8 Å². The van der Waals surface area contributed by atoms with E-state index in [4.69, 9.17) is 0 Å². The highest BCUT2D eigenvalue weighted by Crippen LogP contribution is 2.26. The van der Waals surface area contributed by atoms with Gasteiger partial charge in [-0.15, -0.1) is 20.4 Å². The number of carbonyl (C=O) groups excluding carboxylic acids is 2. The van der Waals surface area contributed by atoms with Crippen molar-refractivity contribution in [2.75, 3.05) is 16.8 Å². The van der Waals surface area contributed by atoms with Gasteiger partial charge in [-0.25, -0.2) is 8.78 Å². The summed E-state index contributed by atoms with van der Waals surface area (Å²) in [7, 11) is 0. The summed E-state index contributed by atoms with van der Waals surface area (Å²) in [4.78, 5) is 24.9. The molecule has 2 N–H and O–H groups in total. The summed E-state index contributed by atoms with van der Waals surface area (Å²) < 4.78 is 29.8. The first-order chi connectivity index (χ1) is 17.4. The SMILES string of the molecule is CCSc1nnc(NC(=O)CSc2nnc(CNC(=O)c3ccccc3F)n2-c2ccc(F)cc2)s1. The molecule has 2 heterocycles. The fraction of sp³-hybridized carbons (Fsp3) is 0.182. The van der Waals surface area contributed by atoms with E-state index in [1.165, 1.54) is 65.6 Å². The highest BCUT2D eigenvalue weighted by atomic mass is 32.2. The summed E-state index contributed by atoms with van der Waals surface area (Å²) in [6.45, 7) is 1.92. The third-order valence-electron chi connectivity index (χ3n) is 4.56. The van der Waals surface area contributed by atoms with Crippen molar-refractivity contribution >= 4 is 51.8 Å². The predicted octanol–water partition coefficient (Wildman–Crippen LogP) is 4.17. The van der Waals surface area contributed by atoms with E-state index in [9.17, 15) is 18.4 Å². The van der Waals surface area contributed by atoms with Gasteiger partial charge in [0, 0.05) is 5.69 Å². The number of halogens is 2. The Kier molecular flexibility index (Phi) is 8.61. The Morgan fingerprint density at radius 1 is 1.00 bits per heavy atom. The number of thioether (sulfide) groups is 2. The van der Waals surface area contributed by atoms with Gasteiger partial charge in [-0.05, 0) is 42.2 Å². The molecule has 2 aromatic carbocycles. The van der Waals surface area contributed by atoms with Crippen molar-refractivity contribution in [2.45, 2.75) is 23.0 Å². The minimum absolute atomic E-state index is 0.00323. The lowest BCUT2D eigenvalue weighted by atomic mass is 10.2. The zero-order valence-corrected chi connectivity index (χ0v) is 21.2. The summed E-state index contributed by atoms with van der Waals surface area (Å²) in [5.41, 5.74) is 0.429. The monoisotopic (exact) mass is 547 g/mol. The number of nitrogens with zero attached hydrogens (tertiary/aromatic N) is 5. The molecule has 0 unspecified atom stereocenters. The second-order valence-corrected chi connectivity index (χ2v) is 10.4. The van der Waals surface area contributed by atoms with Gasteiger partial charge in [0.2, 0.25) is 11.0 Å². The number of hydrogen-bond acceptors (Lipinski definition) is 9. The molecule has 4 aromatic rings. The number of hydrogen-bond donors (Lipinski definition) is 2. The molecule has 4 rings (SSSR count). The lowest BCUT2D eigenvalue weighted by molar-refractivity contribution is -0.113.